The van der Waals surface area contributed by atoms with Crippen molar-refractivity contribution < 1.29 is 9.84 Å². The van der Waals surface area contributed by atoms with E-state index < -0.39 is 0 Å². The van der Waals surface area contributed by atoms with Crippen LogP contribution in [0.2, 0.25) is 0 Å². The van der Waals surface area contributed by atoms with Crippen molar-refractivity contribution in [1.29, 1.82) is 0 Å². The number of hydrogen-bond donors (Lipinski definition) is 1. The second-order valence-corrected chi connectivity index (χ2v) is 5.59. The Hall–Kier alpha value is -0.120. The zero-order valence-corrected chi connectivity index (χ0v) is 11.7. The lowest BCUT2D eigenvalue weighted by Gasteiger charge is -2.36. The maximum atomic E-state index is 9.89. The largest absolute Gasteiger partial charge is 0.389 e. The molecule has 1 saturated heterocycles. The summed E-state index contributed by atoms with van der Waals surface area (Å²) in [4.78, 5) is 2.37. The van der Waals surface area contributed by atoms with Gasteiger partial charge in [-0.3, -0.25) is 0 Å². The van der Waals surface area contributed by atoms with Crippen molar-refractivity contribution in [3.8, 4) is 0 Å². The molecule has 3 heteroatoms. The van der Waals surface area contributed by atoms with E-state index in [9.17, 15) is 5.11 Å². The molecule has 0 aromatic rings. The molecule has 0 aromatic heterocycles. The van der Waals surface area contributed by atoms with Gasteiger partial charge >= 0.3 is 0 Å². The van der Waals surface area contributed by atoms with Crippen molar-refractivity contribution >= 4 is 0 Å². The number of hydrogen-bond acceptors (Lipinski definition) is 3. The molecular formula is C14H29NO2. The Morgan fingerprint density at radius 2 is 2.12 bits per heavy atom. The molecule has 1 aliphatic rings. The maximum Gasteiger partial charge on any atom is 0.0900 e. The van der Waals surface area contributed by atoms with E-state index in [1.54, 1.807) is 0 Å². The average molecular weight is 243 g/mol. The topological polar surface area (TPSA) is 32.7 Å². The van der Waals surface area contributed by atoms with Crippen molar-refractivity contribution in [2.45, 2.75) is 46.1 Å². The van der Waals surface area contributed by atoms with Gasteiger partial charge in [-0.15, -0.1) is 0 Å². The molecule has 1 aliphatic heterocycles. The summed E-state index contributed by atoms with van der Waals surface area (Å²) in [5, 5.41) is 9.89. The van der Waals surface area contributed by atoms with E-state index >= 15 is 0 Å². The lowest BCUT2D eigenvalue weighted by atomic mass is 9.88. The van der Waals surface area contributed by atoms with E-state index in [0.717, 1.165) is 50.9 Å². The SMILES string of the molecule is CCCCOCC(O)CN1CCC(C)C(C)C1. The summed E-state index contributed by atoms with van der Waals surface area (Å²) in [6.45, 7) is 11.1. The molecule has 0 saturated carbocycles. The maximum absolute atomic E-state index is 9.89. The highest BCUT2D eigenvalue weighted by molar-refractivity contribution is 4.76. The number of ether oxygens (including phenoxy) is 1. The zero-order valence-electron chi connectivity index (χ0n) is 11.7. The second-order valence-electron chi connectivity index (χ2n) is 5.59. The molecule has 3 unspecified atom stereocenters. The van der Waals surface area contributed by atoms with Crippen molar-refractivity contribution in [3.05, 3.63) is 0 Å². The zero-order chi connectivity index (χ0) is 12.7. The highest BCUT2D eigenvalue weighted by Crippen LogP contribution is 2.22. The van der Waals surface area contributed by atoms with Crippen LogP contribution in [0.4, 0.5) is 0 Å². The number of likely N-dealkylation sites (tertiary alicyclic amines) is 1. The van der Waals surface area contributed by atoms with E-state index in [4.69, 9.17) is 4.74 Å². The summed E-state index contributed by atoms with van der Waals surface area (Å²) in [6.07, 6.45) is 3.17. The quantitative estimate of drug-likeness (QED) is 0.695. The van der Waals surface area contributed by atoms with Gasteiger partial charge in [-0.25, -0.2) is 0 Å². The van der Waals surface area contributed by atoms with Crippen LogP contribution in [0.25, 0.3) is 0 Å². The number of unbranched alkanes of at least 4 members (excludes halogenated alkanes) is 1. The Kier molecular flexibility index (Phi) is 7.09. The van der Waals surface area contributed by atoms with Gasteiger partial charge in [0.2, 0.25) is 0 Å². The summed E-state index contributed by atoms with van der Waals surface area (Å²) < 4.78 is 5.45. The predicted octanol–water partition coefficient (Wildman–Crippen LogP) is 2.14. The highest BCUT2D eigenvalue weighted by Gasteiger charge is 2.23. The van der Waals surface area contributed by atoms with Gasteiger partial charge < -0.3 is 14.7 Å². The van der Waals surface area contributed by atoms with Crippen molar-refractivity contribution in [1.82, 2.24) is 4.90 Å². The molecule has 102 valence electrons. The second kappa shape index (κ2) is 8.06. The van der Waals surface area contributed by atoms with E-state index in [1.807, 2.05) is 0 Å². The summed E-state index contributed by atoms with van der Waals surface area (Å²) in [5.41, 5.74) is 0. The number of piperidine rings is 1. The lowest BCUT2D eigenvalue weighted by molar-refractivity contribution is 0.00468. The minimum absolute atomic E-state index is 0.326. The third-order valence-corrected chi connectivity index (χ3v) is 3.84. The fourth-order valence-corrected chi connectivity index (χ4v) is 2.33. The van der Waals surface area contributed by atoms with Crippen LogP contribution < -0.4 is 0 Å². The van der Waals surface area contributed by atoms with Gasteiger partial charge in [0.25, 0.3) is 0 Å². The number of nitrogens with zero attached hydrogens (tertiary/aromatic N) is 1. The molecule has 1 rings (SSSR count). The molecular weight excluding hydrogens is 214 g/mol. The van der Waals surface area contributed by atoms with E-state index in [-0.39, 0.29) is 6.10 Å². The molecule has 1 heterocycles. The third kappa shape index (κ3) is 5.84. The van der Waals surface area contributed by atoms with Crippen LogP contribution in [-0.2, 0) is 4.74 Å². The van der Waals surface area contributed by atoms with Gasteiger partial charge in [0.15, 0.2) is 0 Å². The predicted molar refractivity (Wildman–Crippen MR) is 71.1 cm³/mol. The molecule has 3 atom stereocenters. The molecule has 0 aliphatic carbocycles. The van der Waals surface area contributed by atoms with E-state index in [2.05, 4.69) is 25.7 Å². The lowest BCUT2D eigenvalue weighted by Crippen LogP contribution is -2.43. The Morgan fingerprint density at radius 1 is 1.35 bits per heavy atom. The van der Waals surface area contributed by atoms with Crippen LogP contribution in [0.5, 0.6) is 0 Å². The molecule has 0 amide bonds. The fourth-order valence-electron chi connectivity index (χ4n) is 2.33. The molecule has 1 N–H and O–H groups in total. The minimum Gasteiger partial charge on any atom is -0.389 e. The molecule has 17 heavy (non-hydrogen) atoms. The van der Waals surface area contributed by atoms with Crippen LogP contribution in [-0.4, -0.2) is 49.0 Å². The van der Waals surface area contributed by atoms with E-state index in [0.29, 0.717) is 6.61 Å². The fraction of sp³-hybridized carbons (Fsp3) is 1.00. The van der Waals surface area contributed by atoms with Gasteiger partial charge in [0.05, 0.1) is 12.7 Å². The Labute approximate surface area is 106 Å². The Bertz CT molecular complexity index is 199. The van der Waals surface area contributed by atoms with Gasteiger partial charge in [-0.1, -0.05) is 27.2 Å². The van der Waals surface area contributed by atoms with Crippen molar-refractivity contribution in [2.75, 3.05) is 32.8 Å². The van der Waals surface area contributed by atoms with Gasteiger partial charge in [0.1, 0.15) is 0 Å². The van der Waals surface area contributed by atoms with Crippen molar-refractivity contribution in [2.24, 2.45) is 11.8 Å². The van der Waals surface area contributed by atoms with Crippen LogP contribution in [0.15, 0.2) is 0 Å². The molecule has 0 aromatic carbocycles. The standard InChI is InChI=1S/C14H29NO2/c1-4-5-8-17-11-14(16)10-15-7-6-12(2)13(3)9-15/h12-14,16H,4-11H2,1-3H3. The first kappa shape index (κ1) is 14.9. The number of aliphatic hydroxyl groups is 1. The molecule has 0 bridgehead atoms. The molecule has 0 spiro atoms. The molecule has 1 fully saturated rings. The van der Waals surface area contributed by atoms with Crippen molar-refractivity contribution in [3.63, 3.8) is 0 Å². The molecule has 0 radical (unpaired) electrons. The van der Waals surface area contributed by atoms with Crippen LogP contribution in [0.3, 0.4) is 0 Å². The first-order chi connectivity index (χ1) is 8.13. The monoisotopic (exact) mass is 243 g/mol. The normalized spacial score (nSPS) is 28.2. The van der Waals surface area contributed by atoms with Gasteiger partial charge in [-0.05, 0) is 31.2 Å². The summed E-state index contributed by atoms with van der Waals surface area (Å²) in [5.74, 6) is 1.57. The molecule has 3 nitrogen and oxygen atoms in total. The van der Waals surface area contributed by atoms with Crippen LogP contribution in [0, 0.1) is 11.8 Å². The summed E-state index contributed by atoms with van der Waals surface area (Å²) >= 11 is 0. The minimum atomic E-state index is -0.326. The van der Waals surface area contributed by atoms with E-state index in [1.165, 1.54) is 6.42 Å². The number of rotatable bonds is 7. The smallest absolute Gasteiger partial charge is 0.0900 e. The van der Waals surface area contributed by atoms with Crippen LogP contribution >= 0.6 is 0 Å². The summed E-state index contributed by atoms with van der Waals surface area (Å²) in [7, 11) is 0. The number of β-amino-alcohol motifs (C(OH)–C–C–N with tert-alkyl or cyclic N) is 1. The Balaban J connectivity index is 2.11. The first-order valence-electron chi connectivity index (χ1n) is 7.11. The Morgan fingerprint density at radius 3 is 2.76 bits per heavy atom. The van der Waals surface area contributed by atoms with Crippen LogP contribution in [0.1, 0.15) is 40.0 Å². The summed E-state index contributed by atoms with van der Waals surface area (Å²) in [6, 6.07) is 0. The van der Waals surface area contributed by atoms with Gasteiger partial charge in [0, 0.05) is 19.7 Å². The third-order valence-electron chi connectivity index (χ3n) is 3.84. The van der Waals surface area contributed by atoms with Gasteiger partial charge in [-0.2, -0.15) is 0 Å². The highest BCUT2D eigenvalue weighted by atomic mass is 16.5. The number of aliphatic hydroxyl groups excluding tert-OH is 1. The average Bonchev–Trinajstić information content (AvgIpc) is 2.30. The first-order valence-corrected chi connectivity index (χ1v) is 7.11.